The number of likely N-dealkylation sites (tertiary alicyclic amines) is 1. The number of aromatic amines is 1. The number of carbonyl (C=O) groups is 1. The van der Waals surface area contributed by atoms with Gasteiger partial charge in [-0.1, -0.05) is 11.6 Å². The van der Waals surface area contributed by atoms with E-state index in [9.17, 15) is 9.90 Å². The molecule has 7 nitrogen and oxygen atoms in total. The Labute approximate surface area is 160 Å². The van der Waals surface area contributed by atoms with E-state index in [0.717, 1.165) is 11.4 Å². The van der Waals surface area contributed by atoms with E-state index >= 15 is 0 Å². The average Bonchev–Trinajstić information content (AvgIpc) is 3.33. The number of ether oxygens (including phenoxy) is 1. The van der Waals surface area contributed by atoms with E-state index < -0.39 is 6.10 Å². The summed E-state index contributed by atoms with van der Waals surface area (Å²) in [5.74, 6) is 0.355. The van der Waals surface area contributed by atoms with Crippen LogP contribution in [0.1, 0.15) is 21.9 Å². The third-order valence-corrected chi connectivity index (χ3v) is 5.12. The third kappa shape index (κ3) is 3.40. The van der Waals surface area contributed by atoms with Crippen LogP contribution in [0.5, 0.6) is 5.75 Å². The molecule has 1 fully saturated rings. The highest BCUT2D eigenvalue weighted by Gasteiger charge is 2.36. The summed E-state index contributed by atoms with van der Waals surface area (Å²) in [5.41, 5.74) is 2.34. The number of benzene rings is 1. The molecule has 1 aromatic carbocycles. The fourth-order valence-corrected chi connectivity index (χ4v) is 3.78. The SMILES string of the molecule is COc1cc(Cl)cc2cc(C(=O)N3C[C@@H](Cc4cc(C)[nH]n4)[C@@H](O)C3)oc12. The lowest BCUT2D eigenvalue weighted by Gasteiger charge is -2.14. The molecule has 8 heteroatoms. The van der Waals surface area contributed by atoms with Crippen LogP contribution < -0.4 is 4.74 Å². The van der Waals surface area contributed by atoms with Crippen LogP contribution in [0.15, 0.2) is 28.7 Å². The number of aliphatic hydroxyl groups is 1. The van der Waals surface area contributed by atoms with Gasteiger partial charge in [-0.05, 0) is 31.5 Å². The molecule has 27 heavy (non-hydrogen) atoms. The number of H-pyrrole nitrogens is 1. The molecule has 0 bridgehead atoms. The number of carbonyl (C=O) groups excluding carboxylic acids is 1. The van der Waals surface area contributed by atoms with E-state index in [1.807, 2.05) is 13.0 Å². The number of aliphatic hydroxyl groups excluding tert-OH is 1. The summed E-state index contributed by atoms with van der Waals surface area (Å²) < 4.78 is 11.0. The largest absolute Gasteiger partial charge is 0.493 e. The van der Waals surface area contributed by atoms with Gasteiger partial charge >= 0.3 is 0 Å². The van der Waals surface area contributed by atoms with Gasteiger partial charge in [0.1, 0.15) is 0 Å². The van der Waals surface area contributed by atoms with Crippen LogP contribution in [-0.2, 0) is 6.42 Å². The Morgan fingerprint density at radius 3 is 2.93 bits per heavy atom. The molecular weight excluding hydrogens is 370 g/mol. The van der Waals surface area contributed by atoms with E-state index in [2.05, 4.69) is 10.2 Å². The Bertz CT molecular complexity index is 996. The molecule has 1 amide bonds. The molecule has 0 spiro atoms. The number of aryl methyl sites for hydroxylation is 1. The van der Waals surface area contributed by atoms with Gasteiger partial charge in [0.2, 0.25) is 0 Å². The number of hydrogen-bond donors (Lipinski definition) is 2. The lowest BCUT2D eigenvalue weighted by Crippen LogP contribution is -2.29. The van der Waals surface area contributed by atoms with Crippen molar-refractivity contribution in [2.75, 3.05) is 20.2 Å². The smallest absolute Gasteiger partial charge is 0.289 e. The predicted molar refractivity (Wildman–Crippen MR) is 100 cm³/mol. The molecule has 0 aliphatic carbocycles. The number of nitrogens with one attached hydrogen (secondary N) is 1. The highest BCUT2D eigenvalue weighted by atomic mass is 35.5. The van der Waals surface area contributed by atoms with Crippen molar-refractivity contribution in [1.82, 2.24) is 15.1 Å². The van der Waals surface area contributed by atoms with Crippen molar-refractivity contribution >= 4 is 28.5 Å². The minimum Gasteiger partial charge on any atom is -0.493 e. The summed E-state index contributed by atoms with van der Waals surface area (Å²) in [4.78, 5) is 14.5. The van der Waals surface area contributed by atoms with E-state index in [1.54, 1.807) is 23.1 Å². The molecule has 3 heterocycles. The van der Waals surface area contributed by atoms with Gasteiger partial charge in [0.05, 0.1) is 18.9 Å². The number of amides is 1. The van der Waals surface area contributed by atoms with Crippen LogP contribution in [0, 0.1) is 12.8 Å². The second-order valence-corrected chi connectivity index (χ2v) is 7.36. The highest BCUT2D eigenvalue weighted by molar-refractivity contribution is 6.31. The van der Waals surface area contributed by atoms with E-state index in [-0.39, 0.29) is 24.1 Å². The van der Waals surface area contributed by atoms with Crippen molar-refractivity contribution in [3.8, 4) is 5.75 Å². The molecular formula is C19H20ClN3O4. The first-order chi connectivity index (χ1) is 12.9. The molecule has 2 N–H and O–H groups in total. The summed E-state index contributed by atoms with van der Waals surface area (Å²) in [7, 11) is 1.52. The minimum atomic E-state index is -0.598. The number of hydrogen-bond acceptors (Lipinski definition) is 5. The number of halogens is 1. The third-order valence-electron chi connectivity index (χ3n) is 4.90. The Kier molecular flexibility index (Phi) is 4.57. The van der Waals surface area contributed by atoms with Gasteiger partial charge in [0.15, 0.2) is 17.1 Å². The Balaban J connectivity index is 1.53. The van der Waals surface area contributed by atoms with Crippen LogP contribution in [0.2, 0.25) is 5.02 Å². The molecule has 0 unspecified atom stereocenters. The fourth-order valence-electron chi connectivity index (χ4n) is 3.57. The number of nitrogens with zero attached hydrogens (tertiary/aromatic N) is 2. The maximum absolute atomic E-state index is 12.9. The van der Waals surface area contributed by atoms with Crippen LogP contribution in [0.4, 0.5) is 0 Å². The molecule has 2 atom stereocenters. The van der Waals surface area contributed by atoms with E-state index in [4.69, 9.17) is 20.8 Å². The maximum Gasteiger partial charge on any atom is 0.289 e. The second-order valence-electron chi connectivity index (χ2n) is 6.92. The zero-order chi connectivity index (χ0) is 19.1. The van der Waals surface area contributed by atoms with E-state index in [1.165, 1.54) is 7.11 Å². The van der Waals surface area contributed by atoms with E-state index in [0.29, 0.717) is 34.7 Å². The molecule has 2 aromatic heterocycles. The topological polar surface area (TPSA) is 91.6 Å². The molecule has 0 radical (unpaired) electrons. The molecule has 3 aromatic rings. The molecule has 0 saturated carbocycles. The fraction of sp³-hybridized carbons (Fsp3) is 0.368. The van der Waals surface area contributed by atoms with Crippen molar-refractivity contribution in [2.24, 2.45) is 5.92 Å². The number of β-amino-alcohol motifs (C(OH)–C–C–N with tert-alkyl or cyclic N) is 1. The Morgan fingerprint density at radius 2 is 2.22 bits per heavy atom. The zero-order valence-corrected chi connectivity index (χ0v) is 15.8. The van der Waals surface area contributed by atoms with Gasteiger partial charge in [-0.15, -0.1) is 0 Å². The van der Waals surface area contributed by atoms with Crippen LogP contribution in [0.25, 0.3) is 11.0 Å². The van der Waals surface area contributed by atoms with Gasteiger partial charge in [-0.25, -0.2) is 0 Å². The summed E-state index contributed by atoms with van der Waals surface area (Å²) in [6, 6.07) is 6.97. The number of fused-ring (bicyclic) bond motifs is 1. The standard InChI is InChI=1S/C19H20ClN3O4/c1-10-3-14(22-21-10)5-12-8-23(9-15(12)24)19(25)17-6-11-4-13(20)7-16(26-2)18(11)27-17/h3-4,6-7,12,15,24H,5,8-9H2,1-2H3,(H,21,22)/t12-,15+/m1/s1. The predicted octanol–water partition coefficient (Wildman–Crippen LogP) is 2.80. The Hall–Kier alpha value is -2.51. The van der Waals surface area contributed by atoms with Gasteiger partial charge in [0.25, 0.3) is 5.91 Å². The van der Waals surface area contributed by atoms with Crippen LogP contribution in [0.3, 0.4) is 0 Å². The summed E-state index contributed by atoms with van der Waals surface area (Å²) in [6.07, 6.45) is 0.0121. The normalized spacial score (nSPS) is 19.8. The summed E-state index contributed by atoms with van der Waals surface area (Å²) >= 11 is 6.08. The summed E-state index contributed by atoms with van der Waals surface area (Å²) in [5, 5.41) is 18.7. The molecule has 1 aliphatic rings. The van der Waals surface area contributed by atoms with Gasteiger partial charge in [-0.2, -0.15) is 5.10 Å². The lowest BCUT2D eigenvalue weighted by atomic mass is 10.0. The number of methoxy groups -OCH3 is 1. The van der Waals surface area contributed by atoms with Gasteiger partial charge in [0, 0.05) is 41.2 Å². The minimum absolute atomic E-state index is 0.0648. The molecule has 142 valence electrons. The first-order valence-corrected chi connectivity index (χ1v) is 9.07. The lowest BCUT2D eigenvalue weighted by molar-refractivity contribution is 0.0736. The van der Waals surface area contributed by atoms with Crippen molar-refractivity contribution < 1.29 is 19.1 Å². The first-order valence-electron chi connectivity index (χ1n) is 8.70. The molecule has 1 saturated heterocycles. The number of furan rings is 1. The van der Waals surface area contributed by atoms with Crippen LogP contribution >= 0.6 is 11.6 Å². The molecule has 4 rings (SSSR count). The first kappa shape index (κ1) is 17.9. The van der Waals surface area contributed by atoms with Crippen molar-refractivity contribution in [3.63, 3.8) is 0 Å². The zero-order valence-electron chi connectivity index (χ0n) is 15.0. The van der Waals surface area contributed by atoms with Crippen molar-refractivity contribution in [1.29, 1.82) is 0 Å². The quantitative estimate of drug-likeness (QED) is 0.715. The average molecular weight is 390 g/mol. The summed E-state index contributed by atoms with van der Waals surface area (Å²) in [6.45, 7) is 2.64. The van der Waals surface area contributed by atoms with Gasteiger partial charge in [-0.3, -0.25) is 9.89 Å². The number of aromatic nitrogens is 2. The maximum atomic E-state index is 12.9. The monoisotopic (exact) mass is 389 g/mol. The van der Waals surface area contributed by atoms with Gasteiger partial charge < -0.3 is 19.2 Å². The number of rotatable bonds is 4. The Morgan fingerprint density at radius 1 is 1.41 bits per heavy atom. The van der Waals surface area contributed by atoms with Crippen molar-refractivity contribution in [3.05, 3.63) is 46.4 Å². The van der Waals surface area contributed by atoms with Crippen LogP contribution in [-0.4, -0.2) is 52.4 Å². The molecule has 1 aliphatic heterocycles. The van der Waals surface area contributed by atoms with Crippen molar-refractivity contribution in [2.45, 2.75) is 19.4 Å². The highest BCUT2D eigenvalue weighted by Crippen LogP contribution is 2.33. The second kappa shape index (κ2) is 6.90.